The third-order valence-electron chi connectivity index (χ3n) is 6.83. The lowest BCUT2D eigenvalue weighted by Crippen LogP contribution is -2.52. The average Bonchev–Trinajstić information content (AvgIpc) is 3.30. The van der Waals surface area contributed by atoms with E-state index < -0.39 is 0 Å². The monoisotopic (exact) mass is 469 g/mol. The van der Waals surface area contributed by atoms with Gasteiger partial charge in [0.05, 0.1) is 29.9 Å². The Labute approximate surface area is 203 Å². The molecule has 9 nitrogen and oxygen atoms in total. The van der Waals surface area contributed by atoms with Gasteiger partial charge >= 0.3 is 0 Å². The molecule has 1 saturated heterocycles. The lowest BCUT2D eigenvalue weighted by atomic mass is 10.0. The van der Waals surface area contributed by atoms with Gasteiger partial charge in [0.1, 0.15) is 24.5 Å². The molecule has 2 aromatic carbocycles. The molecule has 4 heterocycles. The second-order valence-electron chi connectivity index (χ2n) is 8.93. The van der Waals surface area contributed by atoms with Crippen LogP contribution in [0.2, 0.25) is 0 Å². The first-order chi connectivity index (χ1) is 17.2. The third kappa shape index (κ3) is 3.97. The Morgan fingerprint density at radius 3 is 2.60 bits per heavy atom. The van der Waals surface area contributed by atoms with E-state index >= 15 is 0 Å². The van der Waals surface area contributed by atoms with Crippen LogP contribution in [0.4, 0.5) is 11.5 Å². The largest absolute Gasteiger partial charge is 0.489 e. The Morgan fingerprint density at radius 1 is 1.00 bits per heavy atom. The number of aromatic nitrogens is 4. The fourth-order valence-corrected chi connectivity index (χ4v) is 5.00. The zero-order valence-electron chi connectivity index (χ0n) is 19.6. The number of piperazine rings is 1. The lowest BCUT2D eigenvalue weighted by Gasteiger charge is -2.40. The summed E-state index contributed by atoms with van der Waals surface area (Å²) < 4.78 is 7.79. The maximum absolute atomic E-state index is 13.7. The van der Waals surface area contributed by atoms with Gasteiger partial charge < -0.3 is 9.64 Å². The quantitative estimate of drug-likeness (QED) is 0.455. The van der Waals surface area contributed by atoms with Crippen LogP contribution in [0.25, 0.3) is 11.0 Å². The fourth-order valence-electron chi connectivity index (χ4n) is 5.00. The van der Waals surface area contributed by atoms with E-state index in [1.54, 1.807) is 11.0 Å². The second kappa shape index (κ2) is 8.99. The molecule has 0 aliphatic carbocycles. The first-order valence-electron chi connectivity index (χ1n) is 11.9. The summed E-state index contributed by atoms with van der Waals surface area (Å²) in [6.45, 7) is 3.93. The van der Waals surface area contributed by atoms with Gasteiger partial charge in [-0.15, -0.1) is 0 Å². The Bertz CT molecular complexity index is 1350. The number of rotatable bonds is 4. The Kier molecular flexibility index (Phi) is 5.54. The Morgan fingerprint density at radius 2 is 1.77 bits per heavy atom. The highest BCUT2D eigenvalue weighted by atomic mass is 16.5. The van der Waals surface area contributed by atoms with Crippen molar-refractivity contribution in [2.45, 2.75) is 6.04 Å². The predicted molar refractivity (Wildman–Crippen MR) is 134 cm³/mol. The normalized spacial score (nSPS) is 18.4. The predicted octanol–water partition coefficient (Wildman–Crippen LogP) is 2.65. The van der Waals surface area contributed by atoms with Crippen LogP contribution in [-0.2, 0) is 11.8 Å². The molecular weight excluding hydrogens is 442 g/mol. The van der Waals surface area contributed by atoms with Crippen molar-refractivity contribution in [3.8, 4) is 5.75 Å². The van der Waals surface area contributed by atoms with Crippen LogP contribution in [0.1, 0.15) is 11.6 Å². The molecule has 0 spiro atoms. The van der Waals surface area contributed by atoms with Crippen LogP contribution in [0.3, 0.4) is 0 Å². The van der Waals surface area contributed by atoms with Crippen molar-refractivity contribution in [1.82, 2.24) is 24.6 Å². The van der Waals surface area contributed by atoms with Gasteiger partial charge in [-0.2, -0.15) is 5.10 Å². The minimum absolute atomic E-state index is 0.0831. The molecule has 9 heteroatoms. The number of carbonyl (C=O) groups excluding carboxylic acids is 1. The molecule has 0 saturated carbocycles. The maximum Gasteiger partial charge on any atom is 0.241 e. The molecule has 1 amide bonds. The number of amides is 1. The SMILES string of the molecule is Cn1ncc2c(N3CCN(CC(=O)N4c5ccccc5OCC4c4ccccc4)CC3)ncnc21. The van der Waals surface area contributed by atoms with Gasteiger partial charge in [0.25, 0.3) is 0 Å². The zero-order chi connectivity index (χ0) is 23.8. The van der Waals surface area contributed by atoms with Crippen molar-refractivity contribution >= 4 is 28.4 Å². The van der Waals surface area contributed by atoms with E-state index in [0.717, 1.165) is 60.0 Å². The highest BCUT2D eigenvalue weighted by Crippen LogP contribution is 2.39. The molecule has 2 aliphatic heterocycles. The summed E-state index contributed by atoms with van der Waals surface area (Å²) in [5.41, 5.74) is 2.73. The number of ether oxygens (including phenoxy) is 1. The molecular formula is C26H27N7O2. The van der Waals surface area contributed by atoms with Gasteiger partial charge in [-0.3, -0.25) is 19.3 Å². The molecule has 1 unspecified atom stereocenters. The maximum atomic E-state index is 13.7. The van der Waals surface area contributed by atoms with Crippen LogP contribution in [0.15, 0.2) is 67.1 Å². The summed E-state index contributed by atoms with van der Waals surface area (Å²) in [5, 5.41) is 5.28. The zero-order valence-corrected chi connectivity index (χ0v) is 19.6. The summed E-state index contributed by atoms with van der Waals surface area (Å²) >= 11 is 0. The van der Waals surface area contributed by atoms with Crippen LogP contribution in [0, 0.1) is 0 Å². The van der Waals surface area contributed by atoms with Crippen molar-refractivity contribution in [3.05, 3.63) is 72.7 Å². The van der Waals surface area contributed by atoms with Gasteiger partial charge in [0, 0.05) is 33.2 Å². The van der Waals surface area contributed by atoms with Crippen LogP contribution < -0.4 is 14.5 Å². The van der Waals surface area contributed by atoms with Crippen molar-refractivity contribution < 1.29 is 9.53 Å². The molecule has 2 aromatic heterocycles. The summed E-state index contributed by atoms with van der Waals surface area (Å²) in [7, 11) is 1.88. The smallest absolute Gasteiger partial charge is 0.241 e. The second-order valence-corrected chi connectivity index (χ2v) is 8.93. The minimum Gasteiger partial charge on any atom is -0.489 e. The van der Waals surface area contributed by atoms with Crippen LogP contribution >= 0.6 is 0 Å². The van der Waals surface area contributed by atoms with Crippen molar-refractivity contribution in [3.63, 3.8) is 0 Å². The number of nitrogens with zero attached hydrogens (tertiary/aromatic N) is 7. The molecule has 178 valence electrons. The average molecular weight is 470 g/mol. The first kappa shape index (κ1) is 21.5. The van der Waals surface area contributed by atoms with Crippen LogP contribution in [-0.4, -0.2) is 69.9 Å². The van der Waals surface area contributed by atoms with E-state index in [4.69, 9.17) is 4.74 Å². The van der Waals surface area contributed by atoms with E-state index in [2.05, 4.69) is 37.0 Å². The number of fused-ring (bicyclic) bond motifs is 2. The summed E-state index contributed by atoms with van der Waals surface area (Å²) in [4.78, 5) is 29.0. The lowest BCUT2D eigenvalue weighted by molar-refractivity contribution is -0.120. The molecule has 4 aromatic rings. The highest BCUT2D eigenvalue weighted by molar-refractivity contribution is 5.97. The van der Waals surface area contributed by atoms with E-state index in [1.807, 2.05) is 60.6 Å². The summed E-state index contributed by atoms with van der Waals surface area (Å²) in [6, 6.07) is 17.7. The molecule has 2 aliphatic rings. The number of carbonyl (C=O) groups is 1. The van der Waals surface area contributed by atoms with Crippen molar-refractivity contribution in [1.29, 1.82) is 0 Å². The molecule has 1 fully saturated rings. The van der Waals surface area contributed by atoms with Gasteiger partial charge in [-0.25, -0.2) is 9.97 Å². The minimum atomic E-state index is -0.153. The number of anilines is 2. The topological polar surface area (TPSA) is 79.6 Å². The van der Waals surface area contributed by atoms with E-state index in [-0.39, 0.29) is 11.9 Å². The Balaban J connectivity index is 1.19. The fraction of sp³-hybridized carbons (Fsp3) is 0.308. The molecule has 0 bridgehead atoms. The van der Waals surface area contributed by atoms with Crippen LogP contribution in [0.5, 0.6) is 5.75 Å². The summed E-state index contributed by atoms with van der Waals surface area (Å²) in [6.07, 6.45) is 3.41. The van der Waals surface area contributed by atoms with Gasteiger partial charge in [-0.05, 0) is 17.7 Å². The van der Waals surface area contributed by atoms with Gasteiger partial charge in [0.2, 0.25) is 5.91 Å². The van der Waals surface area contributed by atoms with E-state index in [1.165, 1.54) is 0 Å². The van der Waals surface area contributed by atoms with E-state index in [0.29, 0.717) is 13.2 Å². The number of para-hydroxylation sites is 2. The standard InChI is InChI=1S/C26H27N7O2/c1-30-25-20(15-29-30)26(28-18-27-25)32-13-11-31(12-14-32)16-24(34)33-21-9-5-6-10-23(21)35-17-22(33)19-7-3-2-4-8-19/h2-10,15,18,22H,11-14,16-17H2,1H3. The molecule has 0 N–H and O–H groups in total. The number of benzene rings is 2. The highest BCUT2D eigenvalue weighted by Gasteiger charge is 2.34. The number of aryl methyl sites for hydroxylation is 1. The number of hydrogen-bond donors (Lipinski definition) is 0. The first-order valence-corrected chi connectivity index (χ1v) is 11.9. The van der Waals surface area contributed by atoms with Gasteiger partial charge in [0.15, 0.2) is 5.65 Å². The molecule has 6 rings (SSSR count). The van der Waals surface area contributed by atoms with Crippen molar-refractivity contribution in [2.75, 3.05) is 49.1 Å². The third-order valence-corrected chi connectivity index (χ3v) is 6.83. The Hall–Kier alpha value is -3.98. The van der Waals surface area contributed by atoms with E-state index in [9.17, 15) is 4.79 Å². The number of hydrogen-bond acceptors (Lipinski definition) is 7. The molecule has 35 heavy (non-hydrogen) atoms. The van der Waals surface area contributed by atoms with Gasteiger partial charge in [-0.1, -0.05) is 42.5 Å². The molecule has 0 radical (unpaired) electrons. The van der Waals surface area contributed by atoms with Crippen molar-refractivity contribution in [2.24, 2.45) is 7.05 Å². The summed E-state index contributed by atoms with van der Waals surface area (Å²) in [5.74, 6) is 1.74. The molecule has 1 atom stereocenters.